The van der Waals surface area contributed by atoms with Gasteiger partial charge in [-0.15, -0.1) is 0 Å². The van der Waals surface area contributed by atoms with Crippen LogP contribution in [0.15, 0.2) is 18.2 Å². The van der Waals surface area contributed by atoms with Crippen molar-refractivity contribution in [3.63, 3.8) is 0 Å². The van der Waals surface area contributed by atoms with Crippen molar-refractivity contribution in [2.75, 3.05) is 11.9 Å². The topological polar surface area (TPSA) is 54.0 Å². The van der Waals surface area contributed by atoms with Crippen molar-refractivity contribution in [2.45, 2.75) is 25.1 Å². The average molecular weight is 259 g/mol. The minimum atomic E-state index is -4.45. The van der Waals surface area contributed by atoms with Crippen LogP contribution in [0.3, 0.4) is 0 Å². The molecule has 0 bridgehead atoms. The number of alkyl halides is 3. The summed E-state index contributed by atoms with van der Waals surface area (Å²) in [6.07, 6.45) is -3.49. The second kappa shape index (κ2) is 4.83. The van der Waals surface area contributed by atoms with E-state index in [1.807, 2.05) is 0 Å². The zero-order chi connectivity index (χ0) is 13.2. The van der Waals surface area contributed by atoms with Gasteiger partial charge in [0.05, 0.1) is 0 Å². The number of hydrogen-bond acceptors (Lipinski definition) is 3. The highest BCUT2D eigenvalue weighted by atomic mass is 19.4. The number of anilines is 1. The van der Waals surface area contributed by atoms with Crippen LogP contribution in [0.4, 0.5) is 19.0 Å². The Labute approximate surface area is 102 Å². The fraction of sp³-hybridized carbons (Fsp3) is 0.455. The first kappa shape index (κ1) is 12.7. The third-order valence-corrected chi connectivity index (χ3v) is 2.66. The third-order valence-electron chi connectivity index (χ3n) is 2.66. The van der Waals surface area contributed by atoms with Crippen molar-refractivity contribution >= 4 is 11.7 Å². The van der Waals surface area contributed by atoms with E-state index in [1.165, 1.54) is 12.1 Å². The number of nitrogens with one attached hydrogen (secondary N) is 2. The summed E-state index contributed by atoms with van der Waals surface area (Å²) in [6.45, 7) is 0.400. The van der Waals surface area contributed by atoms with E-state index in [0.717, 1.165) is 6.07 Å². The summed E-state index contributed by atoms with van der Waals surface area (Å²) in [4.78, 5) is 14.5. The zero-order valence-electron chi connectivity index (χ0n) is 9.42. The number of hydrogen-bond donors (Lipinski definition) is 2. The summed E-state index contributed by atoms with van der Waals surface area (Å²) in [5.74, 6) is 0.135. The number of carbonyl (C=O) groups is 1. The Morgan fingerprint density at radius 2 is 2.17 bits per heavy atom. The predicted octanol–water partition coefficient (Wildman–Crippen LogP) is 1.79. The van der Waals surface area contributed by atoms with Gasteiger partial charge in [0.25, 0.3) is 0 Å². The van der Waals surface area contributed by atoms with Gasteiger partial charge in [0.2, 0.25) is 5.91 Å². The van der Waals surface area contributed by atoms with Gasteiger partial charge in [-0.25, -0.2) is 4.98 Å². The van der Waals surface area contributed by atoms with Gasteiger partial charge in [0.15, 0.2) is 0 Å². The van der Waals surface area contributed by atoms with Gasteiger partial charge >= 0.3 is 6.18 Å². The molecule has 1 aliphatic rings. The molecule has 2 heterocycles. The lowest BCUT2D eigenvalue weighted by molar-refractivity contribution is -0.141. The molecule has 4 nitrogen and oxygen atoms in total. The van der Waals surface area contributed by atoms with Crippen LogP contribution >= 0.6 is 0 Å². The Kier molecular flexibility index (Phi) is 3.40. The zero-order valence-corrected chi connectivity index (χ0v) is 9.42. The molecule has 0 aliphatic carbocycles. The Hall–Kier alpha value is -1.79. The van der Waals surface area contributed by atoms with E-state index >= 15 is 0 Å². The van der Waals surface area contributed by atoms with Crippen LogP contribution in [-0.2, 0) is 11.0 Å². The molecule has 18 heavy (non-hydrogen) atoms. The summed E-state index contributed by atoms with van der Waals surface area (Å²) >= 11 is 0. The van der Waals surface area contributed by atoms with Gasteiger partial charge in [-0.1, -0.05) is 6.07 Å². The fourth-order valence-corrected chi connectivity index (χ4v) is 1.74. The van der Waals surface area contributed by atoms with E-state index in [1.54, 1.807) is 0 Å². The molecular formula is C11H12F3N3O. The van der Waals surface area contributed by atoms with E-state index in [4.69, 9.17) is 0 Å². The number of halogens is 3. The first-order valence-corrected chi connectivity index (χ1v) is 5.52. The minimum absolute atomic E-state index is 0.0370. The number of carbonyl (C=O) groups excluding carboxylic acids is 1. The van der Waals surface area contributed by atoms with Crippen LogP contribution in [0.5, 0.6) is 0 Å². The second-order valence-corrected chi connectivity index (χ2v) is 4.09. The summed E-state index contributed by atoms with van der Waals surface area (Å²) in [7, 11) is 0. The molecule has 98 valence electrons. The van der Waals surface area contributed by atoms with Gasteiger partial charge in [-0.05, 0) is 18.6 Å². The summed E-state index contributed by atoms with van der Waals surface area (Å²) in [5, 5.41) is 5.53. The van der Waals surface area contributed by atoms with E-state index < -0.39 is 11.9 Å². The Morgan fingerprint density at radius 3 is 2.78 bits per heavy atom. The fourth-order valence-electron chi connectivity index (χ4n) is 1.74. The molecule has 1 unspecified atom stereocenters. The molecule has 1 fully saturated rings. The second-order valence-electron chi connectivity index (χ2n) is 4.09. The van der Waals surface area contributed by atoms with E-state index in [9.17, 15) is 18.0 Å². The number of amides is 1. The quantitative estimate of drug-likeness (QED) is 0.851. The maximum atomic E-state index is 12.5. The lowest BCUT2D eigenvalue weighted by atomic mass is 10.1. The number of pyridine rings is 1. The first-order chi connectivity index (χ1) is 8.45. The summed E-state index contributed by atoms with van der Waals surface area (Å²) < 4.78 is 37.4. The lowest BCUT2D eigenvalue weighted by Crippen LogP contribution is -2.42. The molecular weight excluding hydrogens is 247 g/mol. The van der Waals surface area contributed by atoms with E-state index in [2.05, 4.69) is 15.6 Å². The van der Waals surface area contributed by atoms with Crippen molar-refractivity contribution in [3.8, 4) is 0 Å². The van der Waals surface area contributed by atoms with E-state index in [-0.39, 0.29) is 17.8 Å². The molecule has 1 amide bonds. The maximum Gasteiger partial charge on any atom is 0.433 e. The van der Waals surface area contributed by atoms with Gasteiger partial charge < -0.3 is 10.6 Å². The average Bonchev–Trinajstić information content (AvgIpc) is 2.31. The van der Waals surface area contributed by atoms with Crippen LogP contribution in [0, 0.1) is 0 Å². The molecule has 0 radical (unpaired) electrons. The van der Waals surface area contributed by atoms with Crippen molar-refractivity contribution in [1.29, 1.82) is 0 Å². The van der Waals surface area contributed by atoms with Gasteiger partial charge in [0, 0.05) is 19.0 Å². The number of rotatable bonds is 2. The van der Waals surface area contributed by atoms with Crippen molar-refractivity contribution < 1.29 is 18.0 Å². The molecule has 0 saturated carbocycles. The normalized spacial score (nSPS) is 20.4. The van der Waals surface area contributed by atoms with E-state index in [0.29, 0.717) is 19.4 Å². The molecule has 2 N–H and O–H groups in total. The van der Waals surface area contributed by atoms with Crippen molar-refractivity contribution in [2.24, 2.45) is 0 Å². The standard InChI is InChI=1S/C11H12F3N3O/c12-11(13,14)8-2-1-3-9(17-8)16-7-4-5-10(18)15-6-7/h1-3,7H,4-6H2,(H,15,18)(H,16,17). The van der Waals surface area contributed by atoms with Crippen LogP contribution in [0.2, 0.25) is 0 Å². The largest absolute Gasteiger partial charge is 0.433 e. The van der Waals surface area contributed by atoms with Gasteiger partial charge in [-0.3, -0.25) is 4.79 Å². The number of aromatic nitrogens is 1. The van der Waals surface area contributed by atoms with Crippen LogP contribution in [0.1, 0.15) is 18.5 Å². The monoisotopic (exact) mass is 259 g/mol. The van der Waals surface area contributed by atoms with Crippen molar-refractivity contribution in [1.82, 2.24) is 10.3 Å². The molecule has 1 atom stereocenters. The molecule has 1 aliphatic heterocycles. The number of nitrogens with zero attached hydrogens (tertiary/aromatic N) is 1. The van der Waals surface area contributed by atoms with Crippen LogP contribution in [0.25, 0.3) is 0 Å². The minimum Gasteiger partial charge on any atom is -0.366 e. The van der Waals surface area contributed by atoms with Crippen LogP contribution < -0.4 is 10.6 Å². The maximum absolute atomic E-state index is 12.5. The third kappa shape index (κ3) is 3.12. The molecule has 1 aromatic rings. The smallest absolute Gasteiger partial charge is 0.366 e. The lowest BCUT2D eigenvalue weighted by Gasteiger charge is -2.24. The molecule has 1 saturated heterocycles. The highest BCUT2D eigenvalue weighted by Crippen LogP contribution is 2.28. The molecule has 7 heteroatoms. The van der Waals surface area contributed by atoms with Gasteiger partial charge in [0.1, 0.15) is 11.5 Å². The van der Waals surface area contributed by atoms with Crippen molar-refractivity contribution in [3.05, 3.63) is 23.9 Å². The highest BCUT2D eigenvalue weighted by Gasteiger charge is 2.32. The summed E-state index contributed by atoms with van der Waals surface area (Å²) in [5.41, 5.74) is -0.924. The predicted molar refractivity (Wildman–Crippen MR) is 58.9 cm³/mol. The SMILES string of the molecule is O=C1CCC(Nc2cccc(C(F)(F)F)n2)CN1. The van der Waals surface area contributed by atoms with Crippen LogP contribution in [-0.4, -0.2) is 23.5 Å². The summed E-state index contributed by atoms with van der Waals surface area (Å²) in [6, 6.07) is 3.62. The van der Waals surface area contributed by atoms with Gasteiger partial charge in [-0.2, -0.15) is 13.2 Å². The number of piperidine rings is 1. The Bertz CT molecular complexity index is 437. The molecule has 1 aromatic heterocycles. The molecule has 0 aromatic carbocycles. The Morgan fingerprint density at radius 1 is 1.39 bits per heavy atom. The molecule has 0 spiro atoms. The molecule has 2 rings (SSSR count). The Balaban J connectivity index is 2.03. The first-order valence-electron chi connectivity index (χ1n) is 5.52. The highest BCUT2D eigenvalue weighted by molar-refractivity contribution is 5.76.